The predicted molar refractivity (Wildman–Crippen MR) is 88.2 cm³/mol. The first-order valence-electron chi connectivity index (χ1n) is 7.45. The van der Waals surface area contributed by atoms with Gasteiger partial charge in [-0.25, -0.2) is 9.97 Å². The van der Waals surface area contributed by atoms with Gasteiger partial charge in [0, 0.05) is 36.9 Å². The largest absolute Gasteiger partial charge is 0.382 e. The van der Waals surface area contributed by atoms with Crippen LogP contribution in [0, 0.1) is 0 Å². The van der Waals surface area contributed by atoms with Crippen LogP contribution < -0.4 is 11.1 Å². The molecule has 23 heavy (non-hydrogen) atoms. The number of nitrogens with zero attached hydrogens (tertiary/aromatic N) is 3. The number of nitrogens with one attached hydrogen (secondary N) is 1. The summed E-state index contributed by atoms with van der Waals surface area (Å²) in [6.07, 6.45) is 2.93. The maximum atomic E-state index is 12.3. The quantitative estimate of drug-likeness (QED) is 0.845. The van der Waals surface area contributed by atoms with E-state index in [0.29, 0.717) is 19.8 Å². The van der Waals surface area contributed by atoms with Crippen LogP contribution in [0.3, 0.4) is 0 Å². The zero-order valence-corrected chi connectivity index (χ0v) is 13.5. The van der Waals surface area contributed by atoms with E-state index in [0.717, 1.165) is 13.1 Å². The van der Waals surface area contributed by atoms with Crippen LogP contribution in [0.5, 0.6) is 0 Å². The fraction of sp³-hybridized carbons (Fsp3) is 0.400. The van der Waals surface area contributed by atoms with Crippen molar-refractivity contribution in [2.75, 3.05) is 38.6 Å². The standard InChI is InChI=1S/C15H19N5O2S/c16-14-13(17-3-4-18-14)15(21)19-10-11(12-2-1-9-23-12)20-5-7-22-8-6-20/h1-4,9,11H,5-8,10H2,(H2,16,18)(H,19,21). The van der Waals surface area contributed by atoms with Gasteiger partial charge in [-0.3, -0.25) is 9.69 Å². The molecule has 3 heterocycles. The second-order valence-electron chi connectivity index (χ2n) is 5.18. The minimum atomic E-state index is -0.301. The number of carbonyl (C=O) groups is 1. The van der Waals surface area contributed by atoms with Crippen molar-refractivity contribution in [1.29, 1.82) is 0 Å². The van der Waals surface area contributed by atoms with E-state index in [1.165, 1.54) is 17.3 Å². The maximum Gasteiger partial charge on any atom is 0.273 e. The van der Waals surface area contributed by atoms with Crippen molar-refractivity contribution in [1.82, 2.24) is 20.2 Å². The molecule has 1 amide bonds. The molecule has 122 valence electrons. The van der Waals surface area contributed by atoms with Crippen molar-refractivity contribution in [3.05, 3.63) is 40.5 Å². The summed E-state index contributed by atoms with van der Waals surface area (Å²) in [5.41, 5.74) is 5.87. The Hall–Kier alpha value is -2.03. The summed E-state index contributed by atoms with van der Waals surface area (Å²) in [7, 11) is 0. The molecule has 3 N–H and O–H groups in total. The Balaban J connectivity index is 1.69. The normalized spacial score (nSPS) is 16.9. The van der Waals surface area contributed by atoms with E-state index in [1.54, 1.807) is 11.3 Å². The molecule has 1 unspecified atom stereocenters. The predicted octanol–water partition coefficient (Wildman–Crippen LogP) is 0.924. The summed E-state index contributed by atoms with van der Waals surface area (Å²) in [5.74, 6) is -0.158. The Labute approximate surface area is 138 Å². The molecule has 8 heteroatoms. The molecule has 0 spiro atoms. The first-order chi connectivity index (χ1) is 11.3. The maximum absolute atomic E-state index is 12.3. The summed E-state index contributed by atoms with van der Waals surface area (Å²) in [4.78, 5) is 23.7. The number of carbonyl (C=O) groups excluding carboxylic acids is 1. The Kier molecular flexibility index (Phi) is 5.16. The highest BCUT2D eigenvalue weighted by Gasteiger charge is 2.24. The molecule has 3 rings (SSSR count). The number of hydrogen-bond acceptors (Lipinski definition) is 7. The summed E-state index contributed by atoms with van der Waals surface area (Å²) in [6, 6.07) is 4.24. The van der Waals surface area contributed by atoms with Crippen LogP contribution in [0.4, 0.5) is 5.82 Å². The van der Waals surface area contributed by atoms with E-state index >= 15 is 0 Å². The molecular formula is C15H19N5O2S. The molecule has 7 nitrogen and oxygen atoms in total. The number of ether oxygens (including phenoxy) is 1. The van der Waals surface area contributed by atoms with Crippen molar-refractivity contribution in [3.8, 4) is 0 Å². The molecular weight excluding hydrogens is 314 g/mol. The van der Waals surface area contributed by atoms with Gasteiger partial charge < -0.3 is 15.8 Å². The van der Waals surface area contributed by atoms with Crippen LogP contribution >= 0.6 is 11.3 Å². The van der Waals surface area contributed by atoms with Gasteiger partial charge in [-0.05, 0) is 11.4 Å². The Morgan fingerprint density at radius 1 is 1.39 bits per heavy atom. The molecule has 2 aromatic heterocycles. The lowest BCUT2D eigenvalue weighted by Gasteiger charge is -2.34. The lowest BCUT2D eigenvalue weighted by molar-refractivity contribution is 0.0169. The minimum absolute atomic E-state index is 0.126. The SMILES string of the molecule is Nc1nccnc1C(=O)NCC(c1cccs1)N1CCOCC1. The number of aromatic nitrogens is 2. The van der Waals surface area contributed by atoms with Gasteiger partial charge in [0.2, 0.25) is 0 Å². The fourth-order valence-electron chi connectivity index (χ4n) is 2.58. The number of morpholine rings is 1. The number of thiophene rings is 1. The van der Waals surface area contributed by atoms with E-state index in [9.17, 15) is 4.79 Å². The van der Waals surface area contributed by atoms with Crippen molar-refractivity contribution in [2.45, 2.75) is 6.04 Å². The van der Waals surface area contributed by atoms with Gasteiger partial charge >= 0.3 is 0 Å². The molecule has 0 saturated carbocycles. The lowest BCUT2D eigenvalue weighted by atomic mass is 10.2. The first kappa shape index (κ1) is 15.9. The highest BCUT2D eigenvalue weighted by molar-refractivity contribution is 7.10. The molecule has 1 atom stereocenters. The molecule has 1 aliphatic heterocycles. The number of hydrogen-bond donors (Lipinski definition) is 2. The fourth-order valence-corrected chi connectivity index (χ4v) is 3.44. The van der Waals surface area contributed by atoms with Crippen molar-refractivity contribution in [2.24, 2.45) is 0 Å². The highest BCUT2D eigenvalue weighted by Crippen LogP contribution is 2.25. The average Bonchev–Trinajstić information content (AvgIpc) is 3.10. The molecule has 0 aliphatic carbocycles. The van der Waals surface area contributed by atoms with Crippen molar-refractivity contribution in [3.63, 3.8) is 0 Å². The Morgan fingerprint density at radius 3 is 2.87 bits per heavy atom. The third kappa shape index (κ3) is 3.84. The van der Waals surface area contributed by atoms with E-state index in [4.69, 9.17) is 10.5 Å². The van der Waals surface area contributed by atoms with Crippen LogP contribution in [0.15, 0.2) is 29.9 Å². The minimum Gasteiger partial charge on any atom is -0.382 e. The molecule has 1 fully saturated rings. The van der Waals surface area contributed by atoms with Crippen molar-refractivity contribution >= 4 is 23.1 Å². The van der Waals surface area contributed by atoms with Gasteiger partial charge in [0.1, 0.15) is 0 Å². The molecule has 0 bridgehead atoms. The number of anilines is 1. The van der Waals surface area contributed by atoms with Gasteiger partial charge in [0.15, 0.2) is 11.5 Å². The van der Waals surface area contributed by atoms with Gasteiger partial charge in [0.05, 0.1) is 19.3 Å². The molecule has 0 aromatic carbocycles. The van der Waals surface area contributed by atoms with Crippen LogP contribution in [0.1, 0.15) is 21.4 Å². The Morgan fingerprint density at radius 2 is 2.17 bits per heavy atom. The topological polar surface area (TPSA) is 93.4 Å². The summed E-state index contributed by atoms with van der Waals surface area (Å²) < 4.78 is 5.42. The van der Waals surface area contributed by atoms with Gasteiger partial charge in [0.25, 0.3) is 5.91 Å². The average molecular weight is 333 g/mol. The third-order valence-electron chi connectivity index (χ3n) is 3.76. The van der Waals surface area contributed by atoms with Crippen LogP contribution in [-0.2, 0) is 4.74 Å². The van der Waals surface area contributed by atoms with Gasteiger partial charge in [-0.1, -0.05) is 6.07 Å². The zero-order valence-electron chi connectivity index (χ0n) is 12.6. The van der Waals surface area contributed by atoms with Crippen molar-refractivity contribution < 1.29 is 9.53 Å². The zero-order chi connectivity index (χ0) is 16.1. The molecule has 2 aromatic rings. The molecule has 1 aliphatic rings. The summed E-state index contributed by atoms with van der Waals surface area (Å²) in [6.45, 7) is 3.63. The van der Waals surface area contributed by atoms with Crippen LogP contribution in [0.2, 0.25) is 0 Å². The Bertz CT molecular complexity index is 643. The van der Waals surface area contributed by atoms with E-state index in [-0.39, 0.29) is 23.5 Å². The van der Waals surface area contributed by atoms with E-state index in [1.807, 2.05) is 11.4 Å². The molecule has 1 saturated heterocycles. The van der Waals surface area contributed by atoms with E-state index in [2.05, 4.69) is 26.3 Å². The van der Waals surface area contributed by atoms with E-state index < -0.39 is 0 Å². The number of amides is 1. The smallest absolute Gasteiger partial charge is 0.273 e. The second kappa shape index (κ2) is 7.49. The second-order valence-corrected chi connectivity index (χ2v) is 6.16. The first-order valence-corrected chi connectivity index (χ1v) is 8.33. The summed E-state index contributed by atoms with van der Waals surface area (Å²) >= 11 is 1.69. The molecule has 0 radical (unpaired) electrons. The summed E-state index contributed by atoms with van der Waals surface area (Å²) in [5, 5.41) is 4.98. The monoisotopic (exact) mass is 333 g/mol. The van der Waals surface area contributed by atoms with Gasteiger partial charge in [-0.2, -0.15) is 0 Å². The number of rotatable bonds is 5. The van der Waals surface area contributed by atoms with Crippen LogP contribution in [-0.4, -0.2) is 53.6 Å². The highest BCUT2D eigenvalue weighted by atomic mass is 32.1. The van der Waals surface area contributed by atoms with Crippen LogP contribution in [0.25, 0.3) is 0 Å². The third-order valence-corrected chi connectivity index (χ3v) is 4.73. The number of nitrogens with two attached hydrogens (primary N) is 1. The number of nitrogen functional groups attached to an aromatic ring is 1. The van der Waals surface area contributed by atoms with Gasteiger partial charge in [-0.15, -0.1) is 11.3 Å². The lowest BCUT2D eigenvalue weighted by Crippen LogP contribution is -2.43.